The highest BCUT2D eigenvalue weighted by atomic mass is 19.2. The van der Waals surface area contributed by atoms with Crippen molar-refractivity contribution in [1.82, 2.24) is 14.8 Å². The van der Waals surface area contributed by atoms with Crippen molar-refractivity contribution < 1.29 is 18.4 Å². The minimum atomic E-state index is -1.02. The van der Waals surface area contributed by atoms with Gasteiger partial charge in [0.15, 0.2) is 17.3 Å². The van der Waals surface area contributed by atoms with Gasteiger partial charge in [0.2, 0.25) is 0 Å². The zero-order valence-corrected chi connectivity index (χ0v) is 15.1. The normalized spacial score (nSPS) is 13.4. The second kappa shape index (κ2) is 6.03. The van der Waals surface area contributed by atoms with Gasteiger partial charge < -0.3 is 0 Å². The lowest BCUT2D eigenvalue weighted by Crippen LogP contribution is -2.29. The average molecular weight is 390 g/mol. The van der Waals surface area contributed by atoms with Gasteiger partial charge in [-0.3, -0.25) is 9.59 Å². The Morgan fingerprint density at radius 2 is 1.66 bits per heavy atom. The van der Waals surface area contributed by atoms with E-state index in [2.05, 4.69) is 10.1 Å². The predicted molar refractivity (Wildman–Crippen MR) is 101 cm³/mol. The molecule has 0 aliphatic carbocycles. The average Bonchev–Trinajstić information content (AvgIpc) is 3.19. The van der Waals surface area contributed by atoms with Crippen LogP contribution in [-0.4, -0.2) is 26.6 Å². The van der Waals surface area contributed by atoms with Crippen molar-refractivity contribution in [3.05, 3.63) is 83.2 Å². The third-order valence-electron chi connectivity index (χ3n) is 4.88. The lowest BCUT2D eigenvalue weighted by atomic mass is 10.1. The van der Waals surface area contributed by atoms with E-state index < -0.39 is 23.4 Å². The molecule has 0 fully saturated rings. The third-order valence-corrected chi connectivity index (χ3v) is 4.88. The number of halogens is 2. The molecule has 6 nitrogen and oxygen atoms in total. The summed E-state index contributed by atoms with van der Waals surface area (Å²) >= 11 is 0. The Morgan fingerprint density at radius 1 is 0.897 bits per heavy atom. The number of para-hydroxylation sites is 1. The van der Waals surface area contributed by atoms with Gasteiger partial charge in [-0.2, -0.15) is 5.10 Å². The Morgan fingerprint density at radius 3 is 2.38 bits per heavy atom. The third kappa shape index (κ3) is 2.39. The van der Waals surface area contributed by atoms with E-state index in [0.717, 1.165) is 17.0 Å². The minimum Gasteiger partial charge on any atom is -0.268 e. The highest BCUT2D eigenvalue weighted by Crippen LogP contribution is 2.34. The van der Waals surface area contributed by atoms with Crippen molar-refractivity contribution in [1.29, 1.82) is 0 Å². The molecule has 1 aliphatic rings. The summed E-state index contributed by atoms with van der Waals surface area (Å²) in [7, 11) is 0. The van der Waals surface area contributed by atoms with Gasteiger partial charge in [0, 0.05) is 12.3 Å². The van der Waals surface area contributed by atoms with Crippen LogP contribution in [0.15, 0.2) is 54.7 Å². The number of benzene rings is 2. The molecule has 4 aromatic rings. The molecular weight excluding hydrogens is 378 g/mol. The molecule has 0 spiro atoms. The Labute approximate surface area is 163 Å². The molecule has 0 unspecified atom stereocenters. The molecule has 142 valence electrons. The number of amides is 2. The van der Waals surface area contributed by atoms with Crippen LogP contribution in [-0.2, 0) is 0 Å². The number of carbonyl (C=O) groups excluding carboxylic acids is 2. The number of rotatable bonds is 2. The first-order valence-electron chi connectivity index (χ1n) is 8.75. The summed E-state index contributed by atoms with van der Waals surface area (Å²) in [5.41, 5.74) is 1.83. The highest BCUT2D eigenvalue weighted by molar-refractivity contribution is 6.37. The maximum atomic E-state index is 13.7. The number of aryl methyl sites for hydroxylation is 1. The summed E-state index contributed by atoms with van der Waals surface area (Å²) in [5.74, 6) is -2.94. The molecule has 0 atom stereocenters. The molecule has 8 heteroatoms. The number of carbonyl (C=O) groups is 2. The topological polar surface area (TPSA) is 68.1 Å². The van der Waals surface area contributed by atoms with Gasteiger partial charge in [0.25, 0.3) is 11.8 Å². The Kier molecular flexibility index (Phi) is 3.57. The van der Waals surface area contributed by atoms with Crippen molar-refractivity contribution in [3.63, 3.8) is 0 Å². The van der Waals surface area contributed by atoms with Crippen molar-refractivity contribution in [2.24, 2.45) is 0 Å². The van der Waals surface area contributed by atoms with Gasteiger partial charge in [-0.15, -0.1) is 0 Å². The fraction of sp³-hybridized carbons (Fsp3) is 0.0476. The maximum absolute atomic E-state index is 13.7. The van der Waals surface area contributed by atoms with Crippen molar-refractivity contribution in [3.8, 4) is 5.69 Å². The summed E-state index contributed by atoms with van der Waals surface area (Å²) < 4.78 is 28.3. The number of hydrogen-bond acceptors (Lipinski definition) is 4. The first-order chi connectivity index (χ1) is 14.0. The standard InChI is InChI=1S/C21H12F2N4O2/c1-11-17-18-14(20(28)26(21(18)29)12-5-3-2-4-6-12)10-24-19(17)27(25-11)13-7-8-15(22)16(23)9-13/h2-10H,1H3. The van der Waals surface area contributed by atoms with E-state index in [1.807, 2.05) is 0 Å². The van der Waals surface area contributed by atoms with Gasteiger partial charge in [-0.05, 0) is 31.2 Å². The van der Waals surface area contributed by atoms with Crippen LogP contribution in [0.5, 0.6) is 0 Å². The van der Waals surface area contributed by atoms with E-state index >= 15 is 0 Å². The smallest absolute Gasteiger partial charge is 0.267 e. The van der Waals surface area contributed by atoms with Gasteiger partial charge in [0.1, 0.15) is 0 Å². The zero-order valence-electron chi connectivity index (χ0n) is 15.1. The Hall–Kier alpha value is -3.94. The van der Waals surface area contributed by atoms with E-state index in [1.54, 1.807) is 37.3 Å². The summed E-state index contributed by atoms with van der Waals surface area (Å²) in [4.78, 5) is 31.4. The van der Waals surface area contributed by atoms with E-state index in [1.165, 1.54) is 16.9 Å². The van der Waals surface area contributed by atoms with Crippen LogP contribution in [0, 0.1) is 18.6 Å². The van der Waals surface area contributed by atoms with Crippen LogP contribution in [0.4, 0.5) is 14.5 Å². The molecule has 0 radical (unpaired) electrons. The van der Waals surface area contributed by atoms with Crippen molar-refractivity contribution in [2.75, 3.05) is 4.90 Å². The van der Waals surface area contributed by atoms with Gasteiger partial charge in [0.05, 0.1) is 33.6 Å². The zero-order chi connectivity index (χ0) is 20.3. The largest absolute Gasteiger partial charge is 0.268 e. The van der Waals surface area contributed by atoms with E-state index in [4.69, 9.17) is 0 Å². The number of nitrogens with zero attached hydrogens (tertiary/aromatic N) is 4. The molecule has 0 bridgehead atoms. The maximum Gasteiger partial charge on any atom is 0.267 e. The van der Waals surface area contributed by atoms with Crippen LogP contribution in [0.25, 0.3) is 16.7 Å². The Bertz CT molecular complexity index is 1330. The molecule has 29 heavy (non-hydrogen) atoms. The summed E-state index contributed by atoms with van der Waals surface area (Å²) in [6.45, 7) is 1.67. The highest BCUT2D eigenvalue weighted by Gasteiger charge is 2.39. The molecule has 2 amide bonds. The molecule has 3 heterocycles. The number of imide groups is 1. The molecule has 2 aromatic carbocycles. The molecular formula is C21H12F2N4O2. The fourth-order valence-electron chi connectivity index (χ4n) is 3.57. The lowest BCUT2D eigenvalue weighted by molar-refractivity contribution is 0.0926. The molecule has 5 rings (SSSR count). The van der Waals surface area contributed by atoms with Crippen LogP contribution in [0.1, 0.15) is 26.4 Å². The second-order valence-corrected chi connectivity index (χ2v) is 6.62. The van der Waals surface area contributed by atoms with Crippen molar-refractivity contribution >= 4 is 28.5 Å². The number of aromatic nitrogens is 3. The molecule has 0 N–H and O–H groups in total. The molecule has 0 saturated heterocycles. The van der Waals surface area contributed by atoms with Crippen molar-refractivity contribution in [2.45, 2.75) is 6.92 Å². The molecule has 1 aliphatic heterocycles. The van der Waals surface area contributed by atoms with Gasteiger partial charge in [-0.25, -0.2) is 23.3 Å². The summed E-state index contributed by atoms with van der Waals surface area (Å²) in [6, 6.07) is 12.0. The van der Waals surface area contributed by atoms with Crippen LogP contribution < -0.4 is 4.90 Å². The SMILES string of the molecule is Cc1nn(-c2ccc(F)c(F)c2)c2ncc3c(c12)C(=O)N(c1ccccc1)C3=O. The van der Waals surface area contributed by atoms with E-state index in [0.29, 0.717) is 16.8 Å². The first-order valence-corrected chi connectivity index (χ1v) is 8.75. The number of hydrogen-bond donors (Lipinski definition) is 0. The number of pyridine rings is 1. The van der Waals surface area contributed by atoms with Gasteiger partial charge in [-0.1, -0.05) is 18.2 Å². The Balaban J connectivity index is 1.73. The lowest BCUT2D eigenvalue weighted by Gasteiger charge is -2.13. The molecule has 0 saturated carbocycles. The summed E-state index contributed by atoms with van der Waals surface area (Å²) in [5, 5.41) is 4.76. The van der Waals surface area contributed by atoms with E-state index in [9.17, 15) is 18.4 Å². The summed E-state index contributed by atoms with van der Waals surface area (Å²) in [6.07, 6.45) is 1.32. The second-order valence-electron chi connectivity index (χ2n) is 6.62. The van der Waals surface area contributed by atoms with Crippen LogP contribution in [0.2, 0.25) is 0 Å². The van der Waals surface area contributed by atoms with Crippen LogP contribution in [0.3, 0.4) is 0 Å². The van der Waals surface area contributed by atoms with Crippen LogP contribution >= 0.6 is 0 Å². The minimum absolute atomic E-state index is 0.180. The monoisotopic (exact) mass is 390 g/mol. The fourth-order valence-corrected chi connectivity index (χ4v) is 3.57. The predicted octanol–water partition coefficient (Wildman–Crippen LogP) is 3.81. The van der Waals surface area contributed by atoms with Gasteiger partial charge >= 0.3 is 0 Å². The first kappa shape index (κ1) is 17.2. The van der Waals surface area contributed by atoms with E-state index in [-0.39, 0.29) is 22.5 Å². The quantitative estimate of drug-likeness (QED) is 0.488. The number of anilines is 1. The molecule has 2 aromatic heterocycles. The number of fused-ring (bicyclic) bond motifs is 3.